The molecule has 1 aliphatic rings. The van der Waals surface area contributed by atoms with Gasteiger partial charge in [0.15, 0.2) is 0 Å². The third-order valence-corrected chi connectivity index (χ3v) is 4.08. The summed E-state index contributed by atoms with van der Waals surface area (Å²) in [6.45, 7) is 0. The standard InChI is InChI=1S/C19H17FN2O3/c20-15-8-6-14(7-9-15)17-12-16(13-4-2-1-3-5-13)21-22(17)18(23)10-11-19(24)25/h1-9,17H,10-12H2,(H,24,25). The second-order valence-electron chi connectivity index (χ2n) is 5.82. The maximum atomic E-state index is 13.2. The highest BCUT2D eigenvalue weighted by Gasteiger charge is 2.32. The minimum absolute atomic E-state index is 0.126. The molecule has 0 aromatic heterocycles. The summed E-state index contributed by atoms with van der Waals surface area (Å²) >= 11 is 0. The van der Waals surface area contributed by atoms with Gasteiger partial charge in [-0.05, 0) is 23.3 Å². The van der Waals surface area contributed by atoms with Gasteiger partial charge < -0.3 is 5.11 Å². The molecule has 1 heterocycles. The molecule has 2 aromatic rings. The van der Waals surface area contributed by atoms with E-state index < -0.39 is 5.97 Å². The van der Waals surface area contributed by atoms with Gasteiger partial charge in [-0.25, -0.2) is 9.40 Å². The maximum Gasteiger partial charge on any atom is 0.303 e. The number of rotatable bonds is 5. The molecule has 128 valence electrons. The van der Waals surface area contributed by atoms with Crippen LogP contribution >= 0.6 is 0 Å². The van der Waals surface area contributed by atoms with E-state index in [0.717, 1.165) is 16.8 Å². The number of hydrogen-bond acceptors (Lipinski definition) is 3. The van der Waals surface area contributed by atoms with Gasteiger partial charge in [0.05, 0.1) is 18.2 Å². The number of amides is 1. The summed E-state index contributed by atoms with van der Waals surface area (Å²) in [6, 6.07) is 15.1. The Hall–Kier alpha value is -3.02. The SMILES string of the molecule is O=C(O)CCC(=O)N1N=C(c2ccccc2)CC1c1ccc(F)cc1. The van der Waals surface area contributed by atoms with Crippen LogP contribution in [0, 0.1) is 5.82 Å². The molecule has 0 saturated heterocycles. The topological polar surface area (TPSA) is 70.0 Å². The number of benzene rings is 2. The second kappa shape index (κ2) is 7.25. The van der Waals surface area contributed by atoms with E-state index in [2.05, 4.69) is 5.10 Å². The summed E-state index contributed by atoms with van der Waals surface area (Å²) in [5.74, 6) is -1.74. The molecule has 1 N–H and O–H groups in total. The molecule has 6 heteroatoms. The Labute approximate surface area is 144 Å². The molecule has 0 radical (unpaired) electrons. The first kappa shape index (κ1) is 16.8. The average molecular weight is 340 g/mol. The molecule has 0 saturated carbocycles. The van der Waals surface area contributed by atoms with Gasteiger partial charge in [0.2, 0.25) is 5.91 Å². The number of nitrogens with zero attached hydrogens (tertiary/aromatic N) is 2. The van der Waals surface area contributed by atoms with E-state index >= 15 is 0 Å². The van der Waals surface area contributed by atoms with E-state index in [1.54, 1.807) is 12.1 Å². The summed E-state index contributed by atoms with van der Waals surface area (Å²) in [7, 11) is 0. The lowest BCUT2D eigenvalue weighted by Gasteiger charge is -2.21. The van der Waals surface area contributed by atoms with Crippen molar-refractivity contribution in [2.75, 3.05) is 0 Å². The van der Waals surface area contributed by atoms with Crippen molar-refractivity contribution >= 4 is 17.6 Å². The Morgan fingerprint density at radius 2 is 1.76 bits per heavy atom. The molecule has 3 rings (SSSR count). The molecule has 0 aliphatic carbocycles. The largest absolute Gasteiger partial charge is 0.481 e. The first-order valence-electron chi connectivity index (χ1n) is 7.97. The highest BCUT2D eigenvalue weighted by Crippen LogP contribution is 2.33. The minimum atomic E-state index is -1.03. The minimum Gasteiger partial charge on any atom is -0.481 e. The summed E-state index contributed by atoms with van der Waals surface area (Å²) < 4.78 is 13.2. The van der Waals surface area contributed by atoms with Crippen LogP contribution in [0.3, 0.4) is 0 Å². The van der Waals surface area contributed by atoms with Crippen molar-refractivity contribution in [2.24, 2.45) is 5.10 Å². The number of hydrogen-bond donors (Lipinski definition) is 1. The number of carbonyl (C=O) groups is 2. The zero-order chi connectivity index (χ0) is 17.8. The fourth-order valence-corrected chi connectivity index (χ4v) is 2.82. The lowest BCUT2D eigenvalue weighted by Crippen LogP contribution is -2.27. The van der Waals surface area contributed by atoms with Gasteiger partial charge in [-0.15, -0.1) is 0 Å². The summed E-state index contributed by atoms with van der Waals surface area (Å²) in [5.41, 5.74) is 2.42. The zero-order valence-electron chi connectivity index (χ0n) is 13.4. The van der Waals surface area contributed by atoms with E-state index in [-0.39, 0.29) is 30.6 Å². The molecule has 0 spiro atoms. The van der Waals surface area contributed by atoms with Crippen LogP contribution in [-0.4, -0.2) is 27.7 Å². The van der Waals surface area contributed by atoms with Crippen molar-refractivity contribution in [2.45, 2.75) is 25.3 Å². The van der Waals surface area contributed by atoms with Crippen molar-refractivity contribution in [1.29, 1.82) is 0 Å². The van der Waals surface area contributed by atoms with E-state index in [1.165, 1.54) is 17.1 Å². The van der Waals surface area contributed by atoms with Crippen LogP contribution in [0.1, 0.15) is 36.4 Å². The molecular weight excluding hydrogens is 323 g/mol. The average Bonchev–Trinajstić information content (AvgIpc) is 3.06. The van der Waals surface area contributed by atoms with E-state index in [1.807, 2.05) is 30.3 Å². The van der Waals surface area contributed by atoms with Gasteiger partial charge in [0.1, 0.15) is 5.82 Å². The molecule has 5 nitrogen and oxygen atoms in total. The van der Waals surface area contributed by atoms with Crippen LogP contribution < -0.4 is 0 Å². The van der Waals surface area contributed by atoms with Crippen LogP contribution in [0.5, 0.6) is 0 Å². The highest BCUT2D eigenvalue weighted by atomic mass is 19.1. The normalized spacial score (nSPS) is 16.6. The number of hydrazone groups is 1. The number of carboxylic acid groups (broad SMARTS) is 1. The predicted molar refractivity (Wildman–Crippen MR) is 90.5 cm³/mol. The monoisotopic (exact) mass is 340 g/mol. The third-order valence-electron chi connectivity index (χ3n) is 4.08. The van der Waals surface area contributed by atoms with Gasteiger partial charge >= 0.3 is 5.97 Å². The highest BCUT2D eigenvalue weighted by molar-refractivity contribution is 6.03. The predicted octanol–water partition coefficient (Wildman–Crippen LogP) is 3.37. The third kappa shape index (κ3) is 3.91. The van der Waals surface area contributed by atoms with Crippen molar-refractivity contribution in [3.63, 3.8) is 0 Å². The van der Waals surface area contributed by atoms with Crippen LogP contribution in [-0.2, 0) is 9.59 Å². The molecule has 1 aliphatic heterocycles. The summed E-state index contributed by atoms with van der Waals surface area (Å²) in [5, 5.41) is 14.6. The Morgan fingerprint density at radius 1 is 1.08 bits per heavy atom. The fourth-order valence-electron chi connectivity index (χ4n) is 2.82. The van der Waals surface area contributed by atoms with E-state index in [9.17, 15) is 14.0 Å². The number of halogens is 1. The van der Waals surface area contributed by atoms with Crippen molar-refractivity contribution < 1.29 is 19.1 Å². The number of aliphatic carboxylic acids is 1. The molecule has 1 amide bonds. The lowest BCUT2D eigenvalue weighted by atomic mass is 9.98. The van der Waals surface area contributed by atoms with Crippen LogP contribution in [0.2, 0.25) is 0 Å². The summed E-state index contributed by atoms with van der Waals surface area (Å²) in [6.07, 6.45) is 0.120. The van der Waals surface area contributed by atoms with E-state index in [4.69, 9.17) is 5.11 Å². The molecule has 2 aromatic carbocycles. The van der Waals surface area contributed by atoms with Crippen molar-refractivity contribution in [1.82, 2.24) is 5.01 Å². The number of carboxylic acids is 1. The van der Waals surface area contributed by atoms with Crippen LogP contribution in [0.15, 0.2) is 59.7 Å². The maximum absolute atomic E-state index is 13.2. The fraction of sp³-hybridized carbons (Fsp3) is 0.211. The van der Waals surface area contributed by atoms with Gasteiger partial charge in [0.25, 0.3) is 0 Å². The van der Waals surface area contributed by atoms with Crippen molar-refractivity contribution in [3.05, 3.63) is 71.5 Å². The van der Waals surface area contributed by atoms with Crippen LogP contribution in [0.4, 0.5) is 4.39 Å². The summed E-state index contributed by atoms with van der Waals surface area (Å²) in [4.78, 5) is 23.2. The van der Waals surface area contributed by atoms with E-state index in [0.29, 0.717) is 6.42 Å². The van der Waals surface area contributed by atoms with Crippen molar-refractivity contribution in [3.8, 4) is 0 Å². The molecular formula is C19H17FN2O3. The van der Waals surface area contributed by atoms with Gasteiger partial charge in [-0.1, -0.05) is 42.5 Å². The van der Waals surface area contributed by atoms with Gasteiger partial charge in [-0.3, -0.25) is 9.59 Å². The molecule has 1 unspecified atom stereocenters. The Morgan fingerprint density at radius 3 is 2.40 bits per heavy atom. The quantitative estimate of drug-likeness (QED) is 0.907. The van der Waals surface area contributed by atoms with Crippen LogP contribution in [0.25, 0.3) is 0 Å². The first-order valence-corrected chi connectivity index (χ1v) is 7.97. The number of carbonyl (C=O) groups excluding carboxylic acids is 1. The second-order valence-corrected chi connectivity index (χ2v) is 5.82. The van der Waals surface area contributed by atoms with Gasteiger partial charge in [0, 0.05) is 12.8 Å². The first-order chi connectivity index (χ1) is 12.0. The zero-order valence-corrected chi connectivity index (χ0v) is 13.4. The molecule has 1 atom stereocenters. The Balaban J connectivity index is 1.89. The van der Waals surface area contributed by atoms with Gasteiger partial charge in [-0.2, -0.15) is 5.10 Å². The lowest BCUT2D eigenvalue weighted by molar-refractivity contribution is -0.141. The Bertz CT molecular complexity index is 803. The molecule has 0 bridgehead atoms. The molecule has 0 fully saturated rings. The Kier molecular flexibility index (Phi) is 4.88. The molecule has 25 heavy (non-hydrogen) atoms. The smallest absolute Gasteiger partial charge is 0.303 e.